The summed E-state index contributed by atoms with van der Waals surface area (Å²) in [6, 6.07) is 0. The Kier molecular flexibility index (Phi) is 7.06. The lowest BCUT2D eigenvalue weighted by molar-refractivity contribution is -0.119. The second kappa shape index (κ2) is 7.29. The summed E-state index contributed by atoms with van der Waals surface area (Å²) < 4.78 is 0. The normalized spacial score (nSPS) is 12.9. The standard InChI is InChI=1S/C10H21NO/c1-3-9(7-8-11)5-6-10(12)4-2/h9H,3-8,11H2,1-2H3. The predicted octanol–water partition coefficient (Wildman–Crippen LogP) is 2.12. The van der Waals surface area contributed by atoms with Gasteiger partial charge in [-0.2, -0.15) is 0 Å². The van der Waals surface area contributed by atoms with Crippen LogP contribution in [-0.4, -0.2) is 12.3 Å². The Morgan fingerprint density at radius 1 is 1.33 bits per heavy atom. The van der Waals surface area contributed by atoms with E-state index in [2.05, 4.69) is 6.92 Å². The highest BCUT2D eigenvalue weighted by molar-refractivity contribution is 5.77. The van der Waals surface area contributed by atoms with E-state index in [1.165, 1.54) is 0 Å². The first-order chi connectivity index (χ1) is 5.74. The lowest BCUT2D eigenvalue weighted by Gasteiger charge is -2.11. The maximum absolute atomic E-state index is 11.0. The van der Waals surface area contributed by atoms with Crippen molar-refractivity contribution in [2.24, 2.45) is 11.7 Å². The van der Waals surface area contributed by atoms with Gasteiger partial charge in [-0.05, 0) is 25.3 Å². The molecule has 0 radical (unpaired) electrons. The van der Waals surface area contributed by atoms with Crippen LogP contribution in [0.15, 0.2) is 0 Å². The van der Waals surface area contributed by atoms with Gasteiger partial charge in [0, 0.05) is 12.8 Å². The molecule has 0 fully saturated rings. The van der Waals surface area contributed by atoms with Gasteiger partial charge in [0.25, 0.3) is 0 Å². The van der Waals surface area contributed by atoms with Crippen LogP contribution in [0.4, 0.5) is 0 Å². The summed E-state index contributed by atoms with van der Waals surface area (Å²) in [5.41, 5.74) is 5.46. The largest absolute Gasteiger partial charge is 0.330 e. The number of ketones is 1. The van der Waals surface area contributed by atoms with Gasteiger partial charge in [-0.3, -0.25) is 4.79 Å². The first kappa shape index (κ1) is 11.6. The fraction of sp³-hybridized carbons (Fsp3) is 0.900. The molecule has 1 atom stereocenters. The van der Waals surface area contributed by atoms with E-state index in [0.717, 1.165) is 32.2 Å². The number of rotatable bonds is 7. The van der Waals surface area contributed by atoms with Crippen molar-refractivity contribution in [1.82, 2.24) is 0 Å². The molecule has 0 aliphatic carbocycles. The van der Waals surface area contributed by atoms with Gasteiger partial charge in [0.15, 0.2) is 0 Å². The molecular formula is C10H21NO. The van der Waals surface area contributed by atoms with E-state index < -0.39 is 0 Å². The van der Waals surface area contributed by atoms with Gasteiger partial charge in [-0.15, -0.1) is 0 Å². The number of Topliss-reactive ketones (excluding diaryl/α,β-unsaturated/α-hetero) is 1. The van der Waals surface area contributed by atoms with Gasteiger partial charge >= 0.3 is 0 Å². The zero-order valence-corrected chi connectivity index (χ0v) is 8.31. The molecule has 0 aromatic heterocycles. The van der Waals surface area contributed by atoms with Crippen LogP contribution in [0, 0.1) is 5.92 Å². The van der Waals surface area contributed by atoms with E-state index in [1.807, 2.05) is 6.92 Å². The summed E-state index contributed by atoms with van der Waals surface area (Å²) in [4.78, 5) is 11.0. The molecule has 0 rings (SSSR count). The second-order valence-corrected chi connectivity index (χ2v) is 3.28. The van der Waals surface area contributed by atoms with Crippen molar-refractivity contribution in [3.63, 3.8) is 0 Å². The molecule has 1 unspecified atom stereocenters. The Bertz CT molecular complexity index is 123. The SMILES string of the molecule is CCC(=O)CCC(CC)CCN. The minimum atomic E-state index is 0.380. The first-order valence-corrected chi connectivity index (χ1v) is 4.96. The Morgan fingerprint density at radius 2 is 2.00 bits per heavy atom. The van der Waals surface area contributed by atoms with E-state index in [9.17, 15) is 4.79 Å². The molecule has 0 aromatic carbocycles. The molecule has 72 valence electrons. The van der Waals surface area contributed by atoms with E-state index in [1.54, 1.807) is 0 Å². The van der Waals surface area contributed by atoms with Crippen molar-refractivity contribution in [1.29, 1.82) is 0 Å². The minimum Gasteiger partial charge on any atom is -0.330 e. The molecular weight excluding hydrogens is 150 g/mol. The van der Waals surface area contributed by atoms with Gasteiger partial charge in [0.1, 0.15) is 5.78 Å². The summed E-state index contributed by atoms with van der Waals surface area (Å²) >= 11 is 0. The molecule has 0 amide bonds. The smallest absolute Gasteiger partial charge is 0.132 e. The Morgan fingerprint density at radius 3 is 2.42 bits per heavy atom. The molecule has 0 aromatic rings. The van der Waals surface area contributed by atoms with Crippen LogP contribution in [0.25, 0.3) is 0 Å². The number of hydrogen-bond donors (Lipinski definition) is 1. The first-order valence-electron chi connectivity index (χ1n) is 4.96. The third-order valence-corrected chi connectivity index (χ3v) is 2.38. The Hall–Kier alpha value is -0.370. The molecule has 2 nitrogen and oxygen atoms in total. The molecule has 0 aliphatic rings. The minimum absolute atomic E-state index is 0.380. The van der Waals surface area contributed by atoms with E-state index in [4.69, 9.17) is 5.73 Å². The zero-order chi connectivity index (χ0) is 9.40. The average Bonchev–Trinajstić information content (AvgIpc) is 2.11. The lowest BCUT2D eigenvalue weighted by atomic mass is 9.95. The number of carbonyl (C=O) groups is 1. The molecule has 12 heavy (non-hydrogen) atoms. The van der Waals surface area contributed by atoms with Gasteiger partial charge in [-0.25, -0.2) is 0 Å². The highest BCUT2D eigenvalue weighted by Gasteiger charge is 2.07. The topological polar surface area (TPSA) is 43.1 Å². The maximum atomic E-state index is 11.0. The quantitative estimate of drug-likeness (QED) is 0.637. The molecule has 0 heterocycles. The van der Waals surface area contributed by atoms with Crippen LogP contribution in [0.1, 0.15) is 46.0 Å². The molecule has 0 spiro atoms. The summed E-state index contributed by atoms with van der Waals surface area (Å²) in [6.07, 6.45) is 4.66. The van der Waals surface area contributed by atoms with Crippen molar-refractivity contribution in [3.05, 3.63) is 0 Å². The van der Waals surface area contributed by atoms with Crippen molar-refractivity contribution in [2.75, 3.05) is 6.54 Å². The summed E-state index contributed by atoms with van der Waals surface area (Å²) in [6.45, 7) is 4.84. The Balaban J connectivity index is 3.50. The van der Waals surface area contributed by atoms with Gasteiger partial charge < -0.3 is 5.73 Å². The van der Waals surface area contributed by atoms with Crippen molar-refractivity contribution in [2.45, 2.75) is 46.0 Å². The number of hydrogen-bond acceptors (Lipinski definition) is 2. The zero-order valence-electron chi connectivity index (χ0n) is 8.31. The van der Waals surface area contributed by atoms with Gasteiger partial charge in [-0.1, -0.05) is 20.3 Å². The van der Waals surface area contributed by atoms with Gasteiger partial charge in [0.05, 0.1) is 0 Å². The van der Waals surface area contributed by atoms with Crippen LogP contribution in [0.5, 0.6) is 0 Å². The number of nitrogens with two attached hydrogens (primary N) is 1. The van der Waals surface area contributed by atoms with Crippen LogP contribution in [0.2, 0.25) is 0 Å². The average molecular weight is 171 g/mol. The highest BCUT2D eigenvalue weighted by atomic mass is 16.1. The van der Waals surface area contributed by atoms with Crippen LogP contribution >= 0.6 is 0 Å². The van der Waals surface area contributed by atoms with E-state index >= 15 is 0 Å². The third kappa shape index (κ3) is 5.30. The summed E-state index contributed by atoms with van der Waals surface area (Å²) in [5, 5.41) is 0. The summed E-state index contributed by atoms with van der Waals surface area (Å²) in [7, 11) is 0. The van der Waals surface area contributed by atoms with Crippen LogP contribution in [0.3, 0.4) is 0 Å². The predicted molar refractivity (Wildman–Crippen MR) is 52.0 cm³/mol. The Labute approximate surface area is 75.5 Å². The molecule has 0 saturated carbocycles. The van der Waals surface area contributed by atoms with Crippen molar-refractivity contribution >= 4 is 5.78 Å². The fourth-order valence-corrected chi connectivity index (χ4v) is 1.33. The van der Waals surface area contributed by atoms with Crippen LogP contribution < -0.4 is 5.73 Å². The maximum Gasteiger partial charge on any atom is 0.132 e. The van der Waals surface area contributed by atoms with E-state index in [0.29, 0.717) is 18.1 Å². The summed E-state index contributed by atoms with van der Waals surface area (Å²) in [5.74, 6) is 1.04. The van der Waals surface area contributed by atoms with Crippen LogP contribution in [-0.2, 0) is 4.79 Å². The van der Waals surface area contributed by atoms with Crippen molar-refractivity contribution in [3.8, 4) is 0 Å². The lowest BCUT2D eigenvalue weighted by Crippen LogP contribution is -2.09. The molecule has 0 saturated heterocycles. The third-order valence-electron chi connectivity index (χ3n) is 2.38. The molecule has 0 bridgehead atoms. The molecule has 0 aliphatic heterocycles. The monoisotopic (exact) mass is 171 g/mol. The van der Waals surface area contributed by atoms with E-state index in [-0.39, 0.29) is 0 Å². The second-order valence-electron chi connectivity index (χ2n) is 3.28. The fourth-order valence-electron chi connectivity index (χ4n) is 1.33. The molecule has 2 N–H and O–H groups in total. The van der Waals surface area contributed by atoms with Crippen molar-refractivity contribution < 1.29 is 4.79 Å². The van der Waals surface area contributed by atoms with Gasteiger partial charge in [0.2, 0.25) is 0 Å². The number of carbonyl (C=O) groups excluding carboxylic acids is 1. The highest BCUT2D eigenvalue weighted by Crippen LogP contribution is 2.14. The molecule has 2 heteroatoms.